The minimum Gasteiger partial charge on any atom is -0.478 e. The Morgan fingerprint density at radius 2 is 2.15 bits per heavy atom. The van der Waals surface area contributed by atoms with Crippen LogP contribution in [0, 0.1) is 0 Å². The lowest BCUT2D eigenvalue weighted by atomic mass is 10.1. The van der Waals surface area contributed by atoms with E-state index in [9.17, 15) is 9.90 Å². The Balaban J connectivity index is 2.13. The number of carbonyl (C=O) groups is 1. The maximum absolute atomic E-state index is 11.3. The summed E-state index contributed by atoms with van der Waals surface area (Å²) in [7, 11) is 0. The standard InChI is InChI=1S/C15H11ClN2O2/c16-13-8-17-6-4-11(13)9-18-7-5-10-2-1-3-12(14(10)18)15(19)20/h1-8H,9H2,(H,19,20). The van der Waals surface area contributed by atoms with Gasteiger partial charge in [-0.25, -0.2) is 4.79 Å². The average Bonchev–Trinajstić information content (AvgIpc) is 2.84. The summed E-state index contributed by atoms with van der Waals surface area (Å²) >= 11 is 6.10. The molecule has 1 aromatic carbocycles. The van der Waals surface area contributed by atoms with E-state index in [0.717, 1.165) is 10.9 Å². The fraction of sp³-hybridized carbons (Fsp3) is 0.0667. The summed E-state index contributed by atoms with van der Waals surface area (Å²) in [5.41, 5.74) is 1.89. The van der Waals surface area contributed by atoms with E-state index in [4.69, 9.17) is 11.6 Å². The summed E-state index contributed by atoms with van der Waals surface area (Å²) in [4.78, 5) is 15.3. The zero-order chi connectivity index (χ0) is 14.1. The smallest absolute Gasteiger partial charge is 0.337 e. The third kappa shape index (κ3) is 2.14. The molecule has 0 spiro atoms. The van der Waals surface area contributed by atoms with E-state index < -0.39 is 5.97 Å². The van der Waals surface area contributed by atoms with Crippen molar-refractivity contribution in [3.8, 4) is 0 Å². The van der Waals surface area contributed by atoms with Gasteiger partial charge >= 0.3 is 5.97 Å². The van der Waals surface area contributed by atoms with Gasteiger partial charge in [0.25, 0.3) is 0 Å². The first kappa shape index (κ1) is 12.7. The SMILES string of the molecule is O=C(O)c1cccc2ccn(Cc3ccncc3Cl)c12. The first-order chi connectivity index (χ1) is 9.66. The molecule has 2 heterocycles. The van der Waals surface area contributed by atoms with Crippen LogP contribution in [0.3, 0.4) is 0 Å². The van der Waals surface area contributed by atoms with E-state index in [1.807, 2.05) is 29.0 Å². The summed E-state index contributed by atoms with van der Waals surface area (Å²) in [5.74, 6) is -0.934. The quantitative estimate of drug-likeness (QED) is 0.802. The number of carboxylic acids is 1. The van der Waals surface area contributed by atoms with Gasteiger partial charge in [-0.3, -0.25) is 4.98 Å². The normalized spacial score (nSPS) is 10.8. The molecule has 100 valence electrons. The Kier molecular flexibility index (Phi) is 3.16. The minimum absolute atomic E-state index is 0.290. The topological polar surface area (TPSA) is 55.1 Å². The molecule has 0 radical (unpaired) electrons. The maximum Gasteiger partial charge on any atom is 0.337 e. The Labute approximate surface area is 120 Å². The molecule has 0 amide bonds. The van der Waals surface area contributed by atoms with Crippen molar-refractivity contribution in [2.45, 2.75) is 6.54 Å². The number of carboxylic acid groups (broad SMARTS) is 1. The third-order valence-electron chi connectivity index (χ3n) is 3.22. The lowest BCUT2D eigenvalue weighted by Gasteiger charge is -2.09. The summed E-state index contributed by atoms with van der Waals surface area (Å²) in [5, 5.41) is 10.8. The Morgan fingerprint density at radius 1 is 1.30 bits per heavy atom. The molecule has 0 aliphatic rings. The first-order valence-electron chi connectivity index (χ1n) is 6.06. The summed E-state index contributed by atoms with van der Waals surface area (Å²) in [6, 6.07) is 8.98. The van der Waals surface area contributed by atoms with Crippen LogP contribution >= 0.6 is 11.6 Å². The van der Waals surface area contributed by atoms with Gasteiger partial charge in [-0.15, -0.1) is 0 Å². The maximum atomic E-state index is 11.3. The van der Waals surface area contributed by atoms with Crippen LogP contribution in [-0.2, 0) is 6.54 Å². The summed E-state index contributed by atoms with van der Waals surface area (Å²) in [6.07, 6.45) is 5.12. The largest absolute Gasteiger partial charge is 0.478 e. The van der Waals surface area contributed by atoms with Gasteiger partial charge in [-0.05, 0) is 23.8 Å². The summed E-state index contributed by atoms with van der Waals surface area (Å²) in [6.45, 7) is 0.509. The fourth-order valence-electron chi connectivity index (χ4n) is 2.28. The molecule has 0 bridgehead atoms. The molecule has 1 N–H and O–H groups in total. The van der Waals surface area contributed by atoms with Crippen molar-refractivity contribution < 1.29 is 9.90 Å². The van der Waals surface area contributed by atoms with E-state index in [-0.39, 0.29) is 5.56 Å². The number of pyridine rings is 1. The third-order valence-corrected chi connectivity index (χ3v) is 3.56. The molecule has 0 unspecified atom stereocenters. The van der Waals surface area contributed by atoms with Gasteiger partial charge in [-0.2, -0.15) is 0 Å². The molecule has 3 rings (SSSR count). The number of aromatic carboxylic acids is 1. The van der Waals surface area contributed by atoms with Gasteiger partial charge in [0.15, 0.2) is 0 Å². The lowest BCUT2D eigenvalue weighted by Crippen LogP contribution is -2.04. The van der Waals surface area contributed by atoms with Crippen molar-refractivity contribution in [3.05, 3.63) is 65.1 Å². The Bertz CT molecular complexity index is 795. The highest BCUT2D eigenvalue weighted by Gasteiger charge is 2.12. The zero-order valence-electron chi connectivity index (χ0n) is 10.5. The molecule has 4 nitrogen and oxygen atoms in total. The molecule has 3 aromatic rings. The second kappa shape index (κ2) is 4.98. The number of hydrogen-bond donors (Lipinski definition) is 1. The van der Waals surface area contributed by atoms with Gasteiger partial charge in [-0.1, -0.05) is 23.7 Å². The van der Waals surface area contributed by atoms with Crippen molar-refractivity contribution >= 4 is 28.5 Å². The monoisotopic (exact) mass is 286 g/mol. The highest BCUT2D eigenvalue weighted by atomic mass is 35.5. The van der Waals surface area contributed by atoms with E-state index >= 15 is 0 Å². The predicted molar refractivity (Wildman–Crippen MR) is 77.2 cm³/mol. The van der Waals surface area contributed by atoms with Crippen molar-refractivity contribution in [2.24, 2.45) is 0 Å². The van der Waals surface area contributed by atoms with Crippen LogP contribution < -0.4 is 0 Å². The molecular formula is C15H11ClN2O2. The van der Waals surface area contributed by atoms with Crippen LogP contribution in [0.5, 0.6) is 0 Å². The molecule has 0 fully saturated rings. The molecule has 5 heteroatoms. The van der Waals surface area contributed by atoms with Crippen molar-refractivity contribution in [1.82, 2.24) is 9.55 Å². The Morgan fingerprint density at radius 3 is 2.90 bits per heavy atom. The van der Waals surface area contributed by atoms with Crippen LogP contribution in [0.4, 0.5) is 0 Å². The van der Waals surface area contributed by atoms with Crippen LogP contribution in [0.25, 0.3) is 10.9 Å². The number of rotatable bonds is 3. The molecule has 0 atom stereocenters. The minimum atomic E-state index is -0.934. The molecule has 0 saturated carbocycles. The number of hydrogen-bond acceptors (Lipinski definition) is 2. The van der Waals surface area contributed by atoms with Gasteiger partial charge in [0.2, 0.25) is 0 Å². The van der Waals surface area contributed by atoms with Crippen LogP contribution in [0.2, 0.25) is 5.02 Å². The van der Waals surface area contributed by atoms with Crippen LogP contribution in [0.15, 0.2) is 48.9 Å². The number of nitrogens with zero attached hydrogens (tertiary/aromatic N) is 2. The molecule has 0 saturated heterocycles. The fourth-order valence-corrected chi connectivity index (χ4v) is 2.46. The predicted octanol–water partition coefficient (Wildman–Crippen LogP) is 3.44. The summed E-state index contributed by atoms with van der Waals surface area (Å²) < 4.78 is 1.89. The Hall–Kier alpha value is -2.33. The lowest BCUT2D eigenvalue weighted by molar-refractivity contribution is 0.0698. The average molecular weight is 287 g/mol. The molecular weight excluding hydrogens is 276 g/mol. The van der Waals surface area contributed by atoms with Gasteiger partial charge in [0.05, 0.1) is 16.1 Å². The van der Waals surface area contributed by atoms with E-state index in [1.54, 1.807) is 24.5 Å². The number of aromatic nitrogens is 2. The highest BCUT2D eigenvalue weighted by molar-refractivity contribution is 6.31. The van der Waals surface area contributed by atoms with E-state index in [1.165, 1.54) is 0 Å². The van der Waals surface area contributed by atoms with Crippen molar-refractivity contribution in [3.63, 3.8) is 0 Å². The molecule has 2 aromatic heterocycles. The molecule has 0 aliphatic carbocycles. The van der Waals surface area contributed by atoms with Crippen LogP contribution in [-0.4, -0.2) is 20.6 Å². The van der Waals surface area contributed by atoms with Crippen molar-refractivity contribution in [2.75, 3.05) is 0 Å². The number of fused-ring (bicyclic) bond motifs is 1. The van der Waals surface area contributed by atoms with Gasteiger partial charge < -0.3 is 9.67 Å². The second-order valence-electron chi connectivity index (χ2n) is 4.46. The number of benzene rings is 1. The van der Waals surface area contributed by atoms with E-state index in [0.29, 0.717) is 17.1 Å². The molecule has 20 heavy (non-hydrogen) atoms. The van der Waals surface area contributed by atoms with Gasteiger partial charge in [0, 0.05) is 30.5 Å². The molecule has 0 aliphatic heterocycles. The number of halogens is 1. The number of para-hydroxylation sites is 1. The van der Waals surface area contributed by atoms with Gasteiger partial charge in [0.1, 0.15) is 0 Å². The van der Waals surface area contributed by atoms with E-state index in [2.05, 4.69) is 4.98 Å². The van der Waals surface area contributed by atoms with Crippen LogP contribution in [0.1, 0.15) is 15.9 Å². The second-order valence-corrected chi connectivity index (χ2v) is 4.87. The highest BCUT2D eigenvalue weighted by Crippen LogP contribution is 2.23. The zero-order valence-corrected chi connectivity index (χ0v) is 11.2. The van der Waals surface area contributed by atoms with Crippen molar-refractivity contribution in [1.29, 1.82) is 0 Å². The first-order valence-corrected chi connectivity index (χ1v) is 6.44.